The van der Waals surface area contributed by atoms with Crippen molar-refractivity contribution in [1.29, 1.82) is 0 Å². The van der Waals surface area contributed by atoms with Gasteiger partial charge in [-0.3, -0.25) is 4.79 Å². The number of aryl methyl sites for hydroxylation is 1. The van der Waals surface area contributed by atoms with E-state index in [0.29, 0.717) is 16.6 Å². The maximum absolute atomic E-state index is 13.4. The van der Waals surface area contributed by atoms with Crippen molar-refractivity contribution >= 4 is 21.8 Å². The highest BCUT2D eigenvalue weighted by Gasteiger charge is 2.17. The average Bonchev–Trinajstić information content (AvgIpc) is 2.49. The number of halogens is 2. The molecule has 2 aromatic carbocycles. The summed E-state index contributed by atoms with van der Waals surface area (Å²) in [5.41, 5.74) is 2.29. The first-order valence-electron chi connectivity index (χ1n) is 6.76. The molecule has 0 saturated carbocycles. The second-order valence-corrected chi connectivity index (χ2v) is 5.96. The van der Waals surface area contributed by atoms with Crippen LogP contribution >= 0.6 is 15.9 Å². The van der Waals surface area contributed by atoms with Crippen LogP contribution in [0.4, 0.5) is 4.39 Å². The van der Waals surface area contributed by atoms with Crippen LogP contribution in [0, 0.1) is 12.7 Å². The van der Waals surface area contributed by atoms with Crippen molar-refractivity contribution in [3.8, 4) is 5.75 Å². The van der Waals surface area contributed by atoms with Gasteiger partial charge in [0.2, 0.25) is 0 Å². The first kappa shape index (κ1) is 16.5. The van der Waals surface area contributed by atoms with Crippen LogP contribution in [0.3, 0.4) is 0 Å². The predicted octanol–water partition coefficient (Wildman–Crippen LogP) is 4.18. The normalized spacial score (nSPS) is 10.4. The first-order chi connectivity index (χ1) is 10.4. The van der Waals surface area contributed by atoms with E-state index >= 15 is 0 Å². The molecule has 0 fully saturated rings. The lowest BCUT2D eigenvalue weighted by Crippen LogP contribution is -2.27. The standard InChI is InChI=1S/C17H17BrFNO2/c1-11-4-7-16(22-3)12(8-11)10-20(2)17(21)14-9-13(19)5-6-15(14)18/h4-9H,10H2,1-3H3. The van der Waals surface area contributed by atoms with Gasteiger partial charge in [0.05, 0.1) is 12.7 Å². The number of hydrogen-bond donors (Lipinski definition) is 0. The van der Waals surface area contributed by atoms with E-state index in [1.54, 1.807) is 14.2 Å². The van der Waals surface area contributed by atoms with E-state index in [9.17, 15) is 9.18 Å². The molecule has 22 heavy (non-hydrogen) atoms. The third-order valence-electron chi connectivity index (χ3n) is 3.35. The average molecular weight is 366 g/mol. The van der Waals surface area contributed by atoms with E-state index in [0.717, 1.165) is 16.9 Å². The van der Waals surface area contributed by atoms with E-state index in [-0.39, 0.29) is 5.91 Å². The lowest BCUT2D eigenvalue weighted by Gasteiger charge is -2.20. The van der Waals surface area contributed by atoms with Crippen LogP contribution in [0.25, 0.3) is 0 Å². The molecule has 1 amide bonds. The molecule has 0 aliphatic carbocycles. The lowest BCUT2D eigenvalue weighted by molar-refractivity contribution is 0.0782. The van der Waals surface area contributed by atoms with Crippen molar-refractivity contribution in [1.82, 2.24) is 4.90 Å². The highest BCUT2D eigenvalue weighted by molar-refractivity contribution is 9.10. The molecular formula is C17H17BrFNO2. The summed E-state index contributed by atoms with van der Waals surface area (Å²) < 4.78 is 19.3. The Bertz CT molecular complexity index is 703. The molecule has 0 aliphatic heterocycles. The fourth-order valence-electron chi connectivity index (χ4n) is 2.23. The Labute approximate surface area is 137 Å². The highest BCUT2D eigenvalue weighted by Crippen LogP contribution is 2.23. The van der Waals surface area contributed by atoms with Crippen molar-refractivity contribution in [2.75, 3.05) is 14.2 Å². The molecule has 0 atom stereocenters. The quantitative estimate of drug-likeness (QED) is 0.813. The van der Waals surface area contributed by atoms with Gasteiger partial charge in [-0.2, -0.15) is 0 Å². The van der Waals surface area contributed by atoms with Gasteiger partial charge >= 0.3 is 0 Å². The number of nitrogens with zero attached hydrogens (tertiary/aromatic N) is 1. The Morgan fingerprint density at radius 2 is 2.00 bits per heavy atom. The van der Waals surface area contributed by atoms with Gasteiger partial charge in [-0.1, -0.05) is 17.7 Å². The number of ether oxygens (including phenoxy) is 1. The monoisotopic (exact) mass is 365 g/mol. The van der Waals surface area contributed by atoms with Gasteiger partial charge in [0.25, 0.3) is 5.91 Å². The molecule has 5 heteroatoms. The zero-order valence-electron chi connectivity index (χ0n) is 12.7. The maximum Gasteiger partial charge on any atom is 0.255 e. The highest BCUT2D eigenvalue weighted by atomic mass is 79.9. The van der Waals surface area contributed by atoms with Crippen molar-refractivity contribution in [2.24, 2.45) is 0 Å². The maximum atomic E-state index is 13.4. The van der Waals surface area contributed by atoms with E-state index in [1.807, 2.05) is 25.1 Å². The van der Waals surface area contributed by atoms with Gasteiger partial charge in [0.15, 0.2) is 0 Å². The molecule has 0 spiro atoms. The smallest absolute Gasteiger partial charge is 0.255 e. The molecule has 0 saturated heterocycles. The molecule has 0 N–H and O–H groups in total. The van der Waals surface area contributed by atoms with Gasteiger partial charge in [-0.05, 0) is 47.1 Å². The molecule has 0 aliphatic rings. The minimum absolute atomic E-state index is 0.255. The molecule has 0 aromatic heterocycles. The summed E-state index contributed by atoms with van der Waals surface area (Å²) in [4.78, 5) is 14.0. The number of amides is 1. The Kier molecular flexibility index (Phi) is 5.19. The topological polar surface area (TPSA) is 29.5 Å². The SMILES string of the molecule is COc1ccc(C)cc1CN(C)C(=O)c1cc(F)ccc1Br. The Morgan fingerprint density at radius 3 is 2.68 bits per heavy atom. The van der Waals surface area contributed by atoms with Crippen LogP contribution in [-0.2, 0) is 6.54 Å². The Hall–Kier alpha value is -1.88. The summed E-state index contributed by atoms with van der Waals surface area (Å²) in [6.45, 7) is 2.36. The summed E-state index contributed by atoms with van der Waals surface area (Å²) in [6, 6.07) is 9.88. The third-order valence-corrected chi connectivity index (χ3v) is 4.04. The third kappa shape index (κ3) is 3.65. The molecule has 3 nitrogen and oxygen atoms in total. The number of carbonyl (C=O) groups is 1. The van der Waals surface area contributed by atoms with Gasteiger partial charge in [-0.15, -0.1) is 0 Å². The fourth-order valence-corrected chi connectivity index (χ4v) is 2.64. The summed E-state index contributed by atoms with van der Waals surface area (Å²) in [5.74, 6) is 0.0339. The number of carbonyl (C=O) groups excluding carboxylic acids is 1. The van der Waals surface area contributed by atoms with Crippen molar-refractivity contribution < 1.29 is 13.9 Å². The van der Waals surface area contributed by atoms with Crippen molar-refractivity contribution in [2.45, 2.75) is 13.5 Å². The number of benzene rings is 2. The zero-order valence-corrected chi connectivity index (χ0v) is 14.3. The molecule has 116 valence electrons. The van der Waals surface area contributed by atoms with Crippen molar-refractivity contribution in [3.05, 3.63) is 63.4 Å². The van der Waals surface area contributed by atoms with Gasteiger partial charge < -0.3 is 9.64 Å². The summed E-state index contributed by atoms with van der Waals surface area (Å²) >= 11 is 3.29. The van der Waals surface area contributed by atoms with Crippen molar-refractivity contribution in [3.63, 3.8) is 0 Å². The van der Waals surface area contributed by atoms with E-state index in [2.05, 4.69) is 15.9 Å². The predicted molar refractivity (Wildman–Crippen MR) is 87.6 cm³/mol. The Morgan fingerprint density at radius 1 is 1.27 bits per heavy atom. The molecule has 0 bridgehead atoms. The molecule has 2 rings (SSSR count). The second kappa shape index (κ2) is 6.92. The van der Waals surface area contributed by atoms with Gasteiger partial charge in [0.1, 0.15) is 11.6 Å². The van der Waals surface area contributed by atoms with Crippen LogP contribution < -0.4 is 4.74 Å². The van der Waals surface area contributed by atoms with E-state index < -0.39 is 5.82 Å². The Balaban J connectivity index is 2.25. The van der Waals surface area contributed by atoms with Crippen LogP contribution in [-0.4, -0.2) is 25.0 Å². The lowest BCUT2D eigenvalue weighted by atomic mass is 10.1. The number of rotatable bonds is 4. The largest absolute Gasteiger partial charge is 0.496 e. The van der Waals surface area contributed by atoms with Crippen LogP contribution in [0.2, 0.25) is 0 Å². The number of hydrogen-bond acceptors (Lipinski definition) is 2. The van der Waals surface area contributed by atoms with Crippen LogP contribution in [0.5, 0.6) is 5.75 Å². The van der Waals surface area contributed by atoms with E-state index in [4.69, 9.17) is 4.74 Å². The zero-order chi connectivity index (χ0) is 16.3. The van der Waals surface area contributed by atoms with Crippen LogP contribution in [0.1, 0.15) is 21.5 Å². The summed E-state index contributed by atoms with van der Waals surface area (Å²) in [7, 11) is 3.28. The van der Waals surface area contributed by atoms with Crippen LogP contribution in [0.15, 0.2) is 40.9 Å². The molecule has 2 aromatic rings. The van der Waals surface area contributed by atoms with E-state index in [1.165, 1.54) is 23.1 Å². The molecule has 0 unspecified atom stereocenters. The second-order valence-electron chi connectivity index (χ2n) is 5.10. The molecular weight excluding hydrogens is 349 g/mol. The summed E-state index contributed by atoms with van der Waals surface area (Å²) in [5, 5.41) is 0. The minimum atomic E-state index is -0.437. The van der Waals surface area contributed by atoms with Gasteiger partial charge in [0, 0.05) is 23.6 Å². The van der Waals surface area contributed by atoms with Gasteiger partial charge in [-0.25, -0.2) is 4.39 Å². The minimum Gasteiger partial charge on any atom is -0.496 e. The number of methoxy groups -OCH3 is 1. The first-order valence-corrected chi connectivity index (χ1v) is 7.55. The molecule has 0 heterocycles. The summed E-state index contributed by atoms with van der Waals surface area (Å²) in [6.07, 6.45) is 0. The molecule has 0 radical (unpaired) electrons. The fraction of sp³-hybridized carbons (Fsp3) is 0.235.